The molecule has 2 rings (SSSR count). The van der Waals surface area contributed by atoms with Crippen molar-refractivity contribution < 1.29 is 20.4 Å². The van der Waals surface area contributed by atoms with E-state index < -0.39 is 12.0 Å². The number of methoxy groups -OCH3 is 1. The lowest BCUT2D eigenvalue weighted by molar-refractivity contribution is -0.442. The highest BCUT2D eigenvalue weighted by atomic mass is 16.5. The summed E-state index contributed by atoms with van der Waals surface area (Å²) in [6.07, 6.45) is 0. The highest BCUT2D eigenvalue weighted by molar-refractivity contribution is 5.93. The van der Waals surface area contributed by atoms with Gasteiger partial charge in [0.25, 0.3) is 0 Å². The van der Waals surface area contributed by atoms with Crippen LogP contribution in [0.25, 0.3) is 10.8 Å². The molecule has 0 saturated heterocycles. The summed E-state index contributed by atoms with van der Waals surface area (Å²) in [7, 11) is 1.59. The summed E-state index contributed by atoms with van der Waals surface area (Å²) in [6, 6.07) is 10.1. The molecule has 0 spiro atoms. The zero-order chi connectivity index (χ0) is 12.4. The van der Waals surface area contributed by atoms with E-state index in [-0.39, 0.29) is 0 Å². The summed E-state index contributed by atoms with van der Waals surface area (Å²) >= 11 is 0. The van der Waals surface area contributed by atoms with Gasteiger partial charge < -0.3 is 20.4 Å². The Morgan fingerprint density at radius 1 is 1.24 bits per heavy atom. The maximum absolute atomic E-state index is 10.9. The summed E-state index contributed by atoms with van der Waals surface area (Å²) in [4.78, 5) is 10.9. The van der Waals surface area contributed by atoms with Gasteiger partial charge in [-0.05, 0) is 17.5 Å². The Morgan fingerprint density at radius 2 is 1.88 bits per heavy atom. The maximum atomic E-state index is 10.9. The van der Waals surface area contributed by atoms with E-state index in [9.17, 15) is 9.90 Å². The standard InChI is InChI=1S/C13H13NO3/c1-17-11-7-6-10(12(14)13(15)16)8-4-2-3-5-9(8)11/h2-7,12H,14H2,1H3,(H,15,16)/t12-/m0/s1. The van der Waals surface area contributed by atoms with Crippen LogP contribution in [0.15, 0.2) is 36.4 Å². The first kappa shape index (κ1) is 11.4. The minimum absolute atomic E-state index is 0.640. The number of aliphatic carboxylic acids is 1. The van der Waals surface area contributed by atoms with E-state index in [4.69, 9.17) is 4.74 Å². The van der Waals surface area contributed by atoms with Gasteiger partial charge in [-0.1, -0.05) is 24.3 Å². The second kappa shape index (κ2) is 4.43. The highest BCUT2D eigenvalue weighted by Gasteiger charge is 2.15. The quantitative estimate of drug-likeness (QED) is 0.800. The Labute approximate surface area is 98.6 Å². The fourth-order valence-electron chi connectivity index (χ4n) is 1.90. The Kier molecular flexibility index (Phi) is 2.97. The molecule has 0 bridgehead atoms. The molecule has 2 aromatic rings. The molecule has 4 heteroatoms. The van der Waals surface area contributed by atoms with Crippen LogP contribution in [0.5, 0.6) is 5.75 Å². The fourth-order valence-corrected chi connectivity index (χ4v) is 1.90. The first-order chi connectivity index (χ1) is 8.15. The number of quaternary nitrogens is 1. The largest absolute Gasteiger partial charge is 0.544 e. The smallest absolute Gasteiger partial charge is 0.151 e. The minimum Gasteiger partial charge on any atom is -0.544 e. The minimum atomic E-state index is -1.18. The number of hydrogen-bond acceptors (Lipinski definition) is 3. The predicted octanol–water partition coefficient (Wildman–Crippen LogP) is -0.119. The Balaban J connectivity index is 2.70. The molecule has 4 nitrogen and oxygen atoms in total. The molecule has 1 atom stereocenters. The van der Waals surface area contributed by atoms with Crippen LogP contribution in [-0.4, -0.2) is 13.1 Å². The van der Waals surface area contributed by atoms with E-state index in [0.717, 1.165) is 16.5 Å². The number of carbonyl (C=O) groups excluding carboxylic acids is 1. The van der Waals surface area contributed by atoms with Gasteiger partial charge in [-0.15, -0.1) is 0 Å². The molecule has 0 radical (unpaired) electrons. The van der Waals surface area contributed by atoms with E-state index in [0.29, 0.717) is 5.56 Å². The van der Waals surface area contributed by atoms with Gasteiger partial charge in [0.1, 0.15) is 11.7 Å². The summed E-state index contributed by atoms with van der Waals surface area (Å²) < 4.78 is 5.24. The predicted molar refractivity (Wildman–Crippen MR) is 61.1 cm³/mol. The molecule has 0 unspecified atom stereocenters. The van der Waals surface area contributed by atoms with Crippen LogP contribution in [0.4, 0.5) is 0 Å². The second-order valence-electron chi connectivity index (χ2n) is 3.77. The maximum Gasteiger partial charge on any atom is 0.151 e. The van der Waals surface area contributed by atoms with Gasteiger partial charge >= 0.3 is 0 Å². The third-order valence-corrected chi connectivity index (χ3v) is 2.80. The van der Waals surface area contributed by atoms with Crippen molar-refractivity contribution in [3.8, 4) is 5.75 Å². The number of hydrogen-bond donors (Lipinski definition) is 1. The monoisotopic (exact) mass is 231 g/mol. The number of carboxylic acid groups (broad SMARTS) is 1. The third kappa shape index (κ3) is 1.94. The Morgan fingerprint density at radius 3 is 2.47 bits per heavy atom. The van der Waals surface area contributed by atoms with E-state index in [1.54, 1.807) is 19.2 Å². The van der Waals surface area contributed by atoms with Gasteiger partial charge in [0.15, 0.2) is 6.04 Å². The number of benzene rings is 2. The first-order valence-corrected chi connectivity index (χ1v) is 5.24. The van der Waals surface area contributed by atoms with Gasteiger partial charge in [-0.3, -0.25) is 0 Å². The number of rotatable bonds is 3. The Hall–Kier alpha value is -2.07. The van der Waals surface area contributed by atoms with Gasteiger partial charge in [-0.25, -0.2) is 0 Å². The van der Waals surface area contributed by atoms with Crippen molar-refractivity contribution in [3.63, 3.8) is 0 Å². The van der Waals surface area contributed by atoms with Crippen molar-refractivity contribution in [3.05, 3.63) is 42.0 Å². The van der Waals surface area contributed by atoms with E-state index in [2.05, 4.69) is 5.73 Å². The third-order valence-electron chi connectivity index (χ3n) is 2.80. The van der Waals surface area contributed by atoms with Gasteiger partial charge in [-0.2, -0.15) is 0 Å². The molecule has 0 aliphatic rings. The van der Waals surface area contributed by atoms with Crippen molar-refractivity contribution in [1.29, 1.82) is 0 Å². The number of carbonyl (C=O) groups is 1. The average molecular weight is 231 g/mol. The molecule has 3 N–H and O–H groups in total. The normalized spacial score (nSPS) is 12.4. The lowest BCUT2D eigenvalue weighted by atomic mass is 9.98. The molecule has 0 fully saturated rings. The molecule has 0 aliphatic carbocycles. The molecule has 0 amide bonds. The molecule has 0 saturated carbocycles. The average Bonchev–Trinajstić information content (AvgIpc) is 2.36. The fraction of sp³-hybridized carbons (Fsp3) is 0.154. The lowest BCUT2D eigenvalue weighted by Crippen LogP contribution is -2.61. The number of fused-ring (bicyclic) bond motifs is 1. The van der Waals surface area contributed by atoms with Crippen LogP contribution >= 0.6 is 0 Å². The second-order valence-corrected chi connectivity index (χ2v) is 3.77. The van der Waals surface area contributed by atoms with Crippen LogP contribution in [0, 0.1) is 0 Å². The SMILES string of the molecule is COc1ccc([C@H]([NH3+])C(=O)[O-])c2ccccc12. The van der Waals surface area contributed by atoms with E-state index in [1.807, 2.05) is 24.3 Å². The van der Waals surface area contributed by atoms with Crippen molar-refractivity contribution in [2.45, 2.75) is 6.04 Å². The van der Waals surface area contributed by atoms with Crippen LogP contribution in [0.1, 0.15) is 11.6 Å². The molecule has 0 aliphatic heterocycles. The van der Waals surface area contributed by atoms with Crippen molar-refractivity contribution >= 4 is 16.7 Å². The molecule has 0 aromatic heterocycles. The summed E-state index contributed by atoms with van der Waals surface area (Å²) in [6.45, 7) is 0. The van der Waals surface area contributed by atoms with Gasteiger partial charge in [0, 0.05) is 10.9 Å². The molecule has 2 aromatic carbocycles. The van der Waals surface area contributed by atoms with E-state index >= 15 is 0 Å². The Bertz CT molecular complexity index is 566. The highest BCUT2D eigenvalue weighted by Crippen LogP contribution is 2.30. The van der Waals surface area contributed by atoms with Crippen molar-refractivity contribution in [1.82, 2.24) is 0 Å². The summed E-state index contributed by atoms with van der Waals surface area (Å²) in [5, 5.41) is 12.6. The van der Waals surface area contributed by atoms with Crippen LogP contribution in [-0.2, 0) is 4.79 Å². The number of carboxylic acids is 1. The lowest BCUT2D eigenvalue weighted by Gasteiger charge is -2.14. The topological polar surface area (TPSA) is 77.0 Å². The number of ether oxygens (including phenoxy) is 1. The summed E-state index contributed by atoms with van der Waals surface area (Å²) in [5.74, 6) is -0.463. The van der Waals surface area contributed by atoms with Crippen molar-refractivity contribution in [2.75, 3.05) is 7.11 Å². The molecular formula is C13H13NO3. The zero-order valence-corrected chi connectivity index (χ0v) is 9.47. The van der Waals surface area contributed by atoms with Gasteiger partial charge in [0.05, 0.1) is 7.11 Å². The van der Waals surface area contributed by atoms with Crippen LogP contribution < -0.4 is 15.6 Å². The van der Waals surface area contributed by atoms with Crippen LogP contribution in [0.2, 0.25) is 0 Å². The van der Waals surface area contributed by atoms with Crippen molar-refractivity contribution in [2.24, 2.45) is 0 Å². The first-order valence-electron chi connectivity index (χ1n) is 5.24. The van der Waals surface area contributed by atoms with Gasteiger partial charge in [0.2, 0.25) is 0 Å². The van der Waals surface area contributed by atoms with Crippen LogP contribution in [0.3, 0.4) is 0 Å². The molecular weight excluding hydrogens is 218 g/mol. The summed E-state index contributed by atoms with van der Waals surface area (Å²) in [5.41, 5.74) is 4.25. The molecule has 17 heavy (non-hydrogen) atoms. The van der Waals surface area contributed by atoms with E-state index in [1.165, 1.54) is 0 Å². The zero-order valence-electron chi connectivity index (χ0n) is 9.47. The molecule has 0 heterocycles. The molecule has 88 valence electrons.